The summed E-state index contributed by atoms with van der Waals surface area (Å²) in [7, 11) is 0. The molecule has 0 unspecified atom stereocenters. The van der Waals surface area contributed by atoms with Gasteiger partial charge in [-0.05, 0) is 73.9 Å². The second-order valence-electron chi connectivity index (χ2n) is 7.36. The van der Waals surface area contributed by atoms with E-state index >= 15 is 0 Å². The van der Waals surface area contributed by atoms with Crippen LogP contribution in [0.3, 0.4) is 0 Å². The molecule has 3 aromatic rings. The Hall–Kier alpha value is -3.38. The second kappa shape index (κ2) is 7.80. The van der Waals surface area contributed by atoms with Crippen LogP contribution in [0.1, 0.15) is 28.1 Å². The highest BCUT2D eigenvalue weighted by Gasteiger charge is 2.33. The standard InChI is InChI=1S/C23H21ClN4O2/c1-14-8-9-25-21(10-14)28-15(2)11-18(16(28)3)12-20-22(29)27(23(30)26-20)13-17-4-6-19(24)7-5-17/h4-12H,13H2,1-3H3,(H,26,30). The SMILES string of the molecule is Cc1ccnc(-n2c(C)cc(C=C3NC(=O)N(Cc4ccc(Cl)cc4)C3=O)c2C)c1. The van der Waals surface area contributed by atoms with Gasteiger partial charge in [0, 0.05) is 22.6 Å². The van der Waals surface area contributed by atoms with Crippen LogP contribution in [0.15, 0.2) is 54.4 Å². The fraction of sp³-hybridized carbons (Fsp3) is 0.174. The molecule has 152 valence electrons. The lowest BCUT2D eigenvalue weighted by atomic mass is 10.2. The summed E-state index contributed by atoms with van der Waals surface area (Å²) in [6.45, 7) is 6.16. The molecule has 0 saturated carbocycles. The fourth-order valence-electron chi connectivity index (χ4n) is 3.57. The van der Waals surface area contributed by atoms with E-state index in [4.69, 9.17) is 11.6 Å². The third kappa shape index (κ3) is 3.74. The van der Waals surface area contributed by atoms with E-state index in [1.54, 1.807) is 36.5 Å². The van der Waals surface area contributed by atoms with Crippen LogP contribution in [0.2, 0.25) is 5.02 Å². The normalized spacial score (nSPS) is 15.2. The van der Waals surface area contributed by atoms with E-state index in [0.717, 1.165) is 33.9 Å². The van der Waals surface area contributed by atoms with Crippen molar-refractivity contribution in [2.45, 2.75) is 27.3 Å². The number of nitrogens with zero attached hydrogens (tertiary/aromatic N) is 3. The number of aromatic nitrogens is 2. The lowest BCUT2D eigenvalue weighted by Crippen LogP contribution is -2.30. The Bertz CT molecular complexity index is 1180. The minimum atomic E-state index is -0.435. The molecule has 2 aromatic heterocycles. The van der Waals surface area contributed by atoms with Gasteiger partial charge in [0.15, 0.2) is 0 Å². The average Bonchev–Trinajstić information content (AvgIpc) is 3.13. The van der Waals surface area contributed by atoms with Gasteiger partial charge in [-0.25, -0.2) is 9.78 Å². The Morgan fingerprint density at radius 1 is 1.07 bits per heavy atom. The first kappa shape index (κ1) is 19.9. The van der Waals surface area contributed by atoms with Crippen molar-refractivity contribution in [2.75, 3.05) is 0 Å². The van der Waals surface area contributed by atoms with Gasteiger partial charge in [0.25, 0.3) is 5.91 Å². The third-order valence-corrected chi connectivity index (χ3v) is 5.37. The van der Waals surface area contributed by atoms with Gasteiger partial charge in [0.05, 0.1) is 6.54 Å². The summed E-state index contributed by atoms with van der Waals surface area (Å²) >= 11 is 5.91. The number of rotatable bonds is 4. The van der Waals surface area contributed by atoms with Crippen LogP contribution < -0.4 is 5.32 Å². The number of nitrogens with one attached hydrogen (secondary N) is 1. The molecule has 0 radical (unpaired) electrons. The van der Waals surface area contributed by atoms with Crippen LogP contribution in [0.4, 0.5) is 4.79 Å². The Morgan fingerprint density at radius 3 is 2.50 bits per heavy atom. The maximum atomic E-state index is 12.8. The quantitative estimate of drug-likeness (QED) is 0.497. The van der Waals surface area contributed by atoms with Crippen molar-refractivity contribution in [1.82, 2.24) is 19.8 Å². The van der Waals surface area contributed by atoms with Crippen molar-refractivity contribution >= 4 is 29.6 Å². The number of halogens is 1. The highest BCUT2D eigenvalue weighted by atomic mass is 35.5. The molecule has 6 nitrogen and oxygen atoms in total. The number of benzene rings is 1. The number of pyridine rings is 1. The zero-order valence-electron chi connectivity index (χ0n) is 16.9. The molecule has 3 amide bonds. The molecule has 3 heterocycles. The molecule has 0 aliphatic carbocycles. The van der Waals surface area contributed by atoms with Crippen molar-refractivity contribution in [1.29, 1.82) is 0 Å². The van der Waals surface area contributed by atoms with Crippen LogP contribution in [0, 0.1) is 20.8 Å². The summed E-state index contributed by atoms with van der Waals surface area (Å²) in [5.74, 6) is 0.467. The summed E-state index contributed by atoms with van der Waals surface area (Å²) in [4.78, 5) is 30.9. The maximum absolute atomic E-state index is 12.8. The van der Waals surface area contributed by atoms with Crippen LogP contribution in [0.5, 0.6) is 0 Å². The van der Waals surface area contributed by atoms with E-state index in [1.165, 1.54) is 4.90 Å². The lowest BCUT2D eigenvalue weighted by Gasteiger charge is -2.11. The molecule has 0 atom stereocenters. The summed E-state index contributed by atoms with van der Waals surface area (Å²) < 4.78 is 2.03. The van der Waals surface area contributed by atoms with E-state index in [0.29, 0.717) is 5.02 Å². The lowest BCUT2D eigenvalue weighted by molar-refractivity contribution is -0.123. The molecule has 1 aliphatic heterocycles. The summed E-state index contributed by atoms with van der Waals surface area (Å²) in [6.07, 6.45) is 3.49. The number of hydrogen-bond acceptors (Lipinski definition) is 3. The molecule has 0 spiro atoms. The second-order valence-corrected chi connectivity index (χ2v) is 7.80. The fourth-order valence-corrected chi connectivity index (χ4v) is 3.70. The van der Waals surface area contributed by atoms with Crippen molar-refractivity contribution in [3.05, 3.63) is 87.5 Å². The topological polar surface area (TPSA) is 67.2 Å². The highest BCUT2D eigenvalue weighted by Crippen LogP contribution is 2.24. The van der Waals surface area contributed by atoms with Crippen LogP contribution in [-0.4, -0.2) is 26.4 Å². The Morgan fingerprint density at radius 2 is 1.80 bits per heavy atom. The maximum Gasteiger partial charge on any atom is 0.329 e. The molecule has 1 saturated heterocycles. The molecular weight excluding hydrogens is 400 g/mol. The van der Waals surface area contributed by atoms with Gasteiger partial charge in [-0.3, -0.25) is 9.69 Å². The van der Waals surface area contributed by atoms with Crippen molar-refractivity contribution in [3.63, 3.8) is 0 Å². The van der Waals surface area contributed by atoms with E-state index < -0.39 is 6.03 Å². The smallest absolute Gasteiger partial charge is 0.303 e. The van der Waals surface area contributed by atoms with Crippen molar-refractivity contribution in [2.24, 2.45) is 0 Å². The van der Waals surface area contributed by atoms with Gasteiger partial charge in [-0.1, -0.05) is 23.7 Å². The molecule has 4 rings (SSSR count). The Balaban J connectivity index is 1.62. The number of hydrogen-bond donors (Lipinski definition) is 1. The summed E-state index contributed by atoms with van der Waals surface area (Å²) in [5.41, 5.74) is 4.99. The first-order valence-electron chi connectivity index (χ1n) is 9.54. The molecule has 7 heteroatoms. The van der Waals surface area contributed by atoms with Gasteiger partial charge in [0.1, 0.15) is 11.5 Å². The van der Waals surface area contributed by atoms with Crippen LogP contribution in [-0.2, 0) is 11.3 Å². The summed E-state index contributed by atoms with van der Waals surface area (Å²) in [5, 5.41) is 3.29. The first-order chi connectivity index (χ1) is 14.3. The van der Waals surface area contributed by atoms with Crippen molar-refractivity contribution < 1.29 is 9.59 Å². The van der Waals surface area contributed by atoms with E-state index in [1.807, 2.05) is 43.5 Å². The van der Waals surface area contributed by atoms with Crippen molar-refractivity contribution in [3.8, 4) is 5.82 Å². The largest absolute Gasteiger partial charge is 0.329 e. The average molecular weight is 421 g/mol. The number of carbonyl (C=O) groups excluding carboxylic acids is 2. The van der Waals surface area contributed by atoms with E-state index in [2.05, 4.69) is 10.3 Å². The molecule has 1 N–H and O–H groups in total. The van der Waals surface area contributed by atoms with E-state index in [9.17, 15) is 9.59 Å². The molecule has 0 bridgehead atoms. The van der Waals surface area contributed by atoms with Gasteiger partial charge in [-0.2, -0.15) is 0 Å². The van der Waals surface area contributed by atoms with Crippen LogP contribution >= 0.6 is 11.6 Å². The van der Waals surface area contributed by atoms with Gasteiger partial charge in [0.2, 0.25) is 0 Å². The number of imide groups is 1. The zero-order chi connectivity index (χ0) is 21.4. The van der Waals surface area contributed by atoms with Gasteiger partial charge < -0.3 is 9.88 Å². The summed E-state index contributed by atoms with van der Waals surface area (Å²) in [6, 6.07) is 12.6. The molecular formula is C23H21ClN4O2. The predicted molar refractivity (Wildman–Crippen MR) is 116 cm³/mol. The minimum absolute atomic E-state index is 0.186. The molecule has 30 heavy (non-hydrogen) atoms. The van der Waals surface area contributed by atoms with E-state index in [-0.39, 0.29) is 18.1 Å². The first-order valence-corrected chi connectivity index (χ1v) is 9.92. The number of amides is 3. The number of aryl methyl sites for hydroxylation is 2. The number of urea groups is 1. The monoisotopic (exact) mass is 420 g/mol. The van der Waals surface area contributed by atoms with Gasteiger partial charge >= 0.3 is 6.03 Å². The minimum Gasteiger partial charge on any atom is -0.303 e. The third-order valence-electron chi connectivity index (χ3n) is 5.12. The van der Waals surface area contributed by atoms with Gasteiger partial charge in [-0.15, -0.1) is 0 Å². The Labute approximate surface area is 179 Å². The number of carbonyl (C=O) groups is 2. The zero-order valence-corrected chi connectivity index (χ0v) is 17.7. The molecule has 1 fully saturated rings. The molecule has 1 aromatic carbocycles. The highest BCUT2D eigenvalue weighted by molar-refractivity contribution is 6.30. The van der Waals surface area contributed by atoms with Crippen LogP contribution in [0.25, 0.3) is 11.9 Å². The molecule has 1 aliphatic rings. The predicted octanol–water partition coefficient (Wildman–Crippen LogP) is 4.54. The Kier molecular flexibility index (Phi) is 5.18.